The normalized spacial score (nSPS) is 15.6. The SMILES string of the molecule is O=C1CN(C(=O)COc2ccccc2O)CCCN1. The van der Waals surface area contributed by atoms with E-state index in [-0.39, 0.29) is 36.5 Å². The second-order valence-corrected chi connectivity index (χ2v) is 4.28. The maximum absolute atomic E-state index is 11.9. The summed E-state index contributed by atoms with van der Waals surface area (Å²) in [7, 11) is 0. The Labute approximate surface area is 111 Å². The van der Waals surface area contributed by atoms with Gasteiger partial charge in [0, 0.05) is 13.1 Å². The summed E-state index contributed by atoms with van der Waals surface area (Å²) < 4.78 is 5.25. The van der Waals surface area contributed by atoms with E-state index < -0.39 is 0 Å². The number of rotatable bonds is 3. The van der Waals surface area contributed by atoms with Gasteiger partial charge in [-0.1, -0.05) is 12.1 Å². The van der Waals surface area contributed by atoms with E-state index in [9.17, 15) is 14.7 Å². The van der Waals surface area contributed by atoms with Crippen LogP contribution >= 0.6 is 0 Å². The van der Waals surface area contributed by atoms with Crippen LogP contribution < -0.4 is 10.1 Å². The third-order valence-corrected chi connectivity index (χ3v) is 2.83. The highest BCUT2D eigenvalue weighted by atomic mass is 16.5. The molecule has 0 aliphatic carbocycles. The standard InChI is InChI=1S/C13H16N2O4/c16-10-4-1-2-5-11(10)19-9-13(18)15-7-3-6-14-12(17)8-15/h1-2,4-5,16H,3,6-9H2,(H,14,17). The molecule has 6 nitrogen and oxygen atoms in total. The summed E-state index contributed by atoms with van der Waals surface area (Å²) in [6, 6.07) is 6.44. The fourth-order valence-electron chi connectivity index (χ4n) is 1.83. The molecule has 1 aliphatic rings. The van der Waals surface area contributed by atoms with Crippen LogP contribution in [-0.2, 0) is 9.59 Å². The van der Waals surface area contributed by atoms with Crippen LogP contribution in [0.5, 0.6) is 11.5 Å². The summed E-state index contributed by atoms with van der Waals surface area (Å²) in [6.07, 6.45) is 0.730. The van der Waals surface area contributed by atoms with Crippen LogP contribution in [0, 0.1) is 0 Å². The molecule has 19 heavy (non-hydrogen) atoms. The Hall–Kier alpha value is -2.24. The lowest BCUT2D eigenvalue weighted by Gasteiger charge is -2.19. The first kappa shape index (κ1) is 13.2. The Kier molecular flexibility index (Phi) is 4.22. The highest BCUT2D eigenvalue weighted by Crippen LogP contribution is 2.24. The van der Waals surface area contributed by atoms with E-state index in [2.05, 4.69) is 5.32 Å². The summed E-state index contributed by atoms with van der Waals surface area (Å²) >= 11 is 0. The molecule has 0 atom stereocenters. The topological polar surface area (TPSA) is 78.9 Å². The van der Waals surface area contributed by atoms with E-state index in [1.165, 1.54) is 11.0 Å². The Morgan fingerprint density at radius 3 is 3.00 bits per heavy atom. The molecule has 102 valence electrons. The number of carbonyl (C=O) groups is 2. The van der Waals surface area contributed by atoms with Crippen molar-refractivity contribution in [2.24, 2.45) is 0 Å². The van der Waals surface area contributed by atoms with Gasteiger partial charge >= 0.3 is 0 Å². The third kappa shape index (κ3) is 3.61. The summed E-state index contributed by atoms with van der Waals surface area (Å²) in [6.45, 7) is 0.985. The minimum Gasteiger partial charge on any atom is -0.504 e. The zero-order chi connectivity index (χ0) is 13.7. The summed E-state index contributed by atoms with van der Waals surface area (Å²) in [4.78, 5) is 24.7. The first-order valence-electron chi connectivity index (χ1n) is 6.12. The van der Waals surface area contributed by atoms with E-state index in [1.54, 1.807) is 18.2 Å². The molecule has 1 aromatic carbocycles. The molecule has 1 heterocycles. The molecule has 2 N–H and O–H groups in total. The van der Waals surface area contributed by atoms with Crippen molar-refractivity contribution in [3.8, 4) is 11.5 Å². The number of benzene rings is 1. The average Bonchev–Trinajstić information content (AvgIpc) is 2.62. The van der Waals surface area contributed by atoms with E-state index in [1.807, 2.05) is 0 Å². The van der Waals surface area contributed by atoms with Gasteiger partial charge in [0.2, 0.25) is 5.91 Å². The number of ether oxygens (including phenoxy) is 1. The van der Waals surface area contributed by atoms with E-state index >= 15 is 0 Å². The van der Waals surface area contributed by atoms with Crippen LogP contribution in [-0.4, -0.2) is 48.1 Å². The number of carbonyl (C=O) groups excluding carboxylic acids is 2. The molecule has 2 rings (SSSR count). The lowest BCUT2D eigenvalue weighted by molar-refractivity contribution is -0.136. The van der Waals surface area contributed by atoms with Gasteiger partial charge in [0.1, 0.15) is 0 Å². The van der Waals surface area contributed by atoms with E-state index in [0.717, 1.165) is 6.42 Å². The monoisotopic (exact) mass is 264 g/mol. The highest BCUT2D eigenvalue weighted by molar-refractivity contribution is 5.85. The number of hydrogen-bond donors (Lipinski definition) is 2. The Bertz CT molecular complexity index is 475. The maximum Gasteiger partial charge on any atom is 0.260 e. The van der Waals surface area contributed by atoms with Crippen molar-refractivity contribution in [1.82, 2.24) is 10.2 Å². The van der Waals surface area contributed by atoms with Crippen LogP contribution in [0.15, 0.2) is 24.3 Å². The van der Waals surface area contributed by atoms with Crippen molar-refractivity contribution in [2.45, 2.75) is 6.42 Å². The third-order valence-electron chi connectivity index (χ3n) is 2.83. The Balaban J connectivity index is 1.90. The zero-order valence-electron chi connectivity index (χ0n) is 10.5. The number of phenols is 1. The van der Waals surface area contributed by atoms with Crippen LogP contribution in [0.3, 0.4) is 0 Å². The molecule has 1 fully saturated rings. The Morgan fingerprint density at radius 2 is 2.21 bits per heavy atom. The minimum atomic E-state index is -0.264. The molecule has 0 unspecified atom stereocenters. The fraction of sp³-hybridized carbons (Fsp3) is 0.385. The smallest absolute Gasteiger partial charge is 0.260 e. The molecule has 2 amide bonds. The van der Waals surface area contributed by atoms with Gasteiger partial charge in [0.25, 0.3) is 5.91 Å². The number of nitrogens with zero attached hydrogens (tertiary/aromatic N) is 1. The summed E-state index contributed by atoms with van der Waals surface area (Å²) in [5.74, 6) is -0.173. The van der Waals surface area contributed by atoms with Crippen LogP contribution in [0.25, 0.3) is 0 Å². The quantitative estimate of drug-likeness (QED) is 0.812. The molecule has 0 bridgehead atoms. The maximum atomic E-state index is 11.9. The predicted octanol–water partition coefficient (Wildman–Crippen LogP) is 0.119. The molecule has 0 aromatic heterocycles. The van der Waals surface area contributed by atoms with Crippen molar-refractivity contribution in [2.75, 3.05) is 26.2 Å². The number of nitrogens with one attached hydrogen (secondary N) is 1. The molecule has 1 aromatic rings. The molecule has 0 spiro atoms. The first-order valence-corrected chi connectivity index (χ1v) is 6.12. The average molecular weight is 264 g/mol. The van der Waals surface area contributed by atoms with Crippen molar-refractivity contribution in [3.63, 3.8) is 0 Å². The minimum absolute atomic E-state index is 0.0103. The molecular formula is C13H16N2O4. The molecule has 0 saturated carbocycles. The van der Waals surface area contributed by atoms with E-state index in [0.29, 0.717) is 13.1 Å². The highest BCUT2D eigenvalue weighted by Gasteiger charge is 2.20. The van der Waals surface area contributed by atoms with E-state index in [4.69, 9.17) is 4.74 Å². The largest absolute Gasteiger partial charge is 0.504 e. The number of phenolic OH excluding ortho intramolecular Hbond substituents is 1. The van der Waals surface area contributed by atoms with Crippen molar-refractivity contribution in [3.05, 3.63) is 24.3 Å². The van der Waals surface area contributed by atoms with Crippen molar-refractivity contribution >= 4 is 11.8 Å². The van der Waals surface area contributed by atoms with Crippen LogP contribution in [0.2, 0.25) is 0 Å². The van der Waals surface area contributed by atoms with Crippen LogP contribution in [0.4, 0.5) is 0 Å². The molecule has 1 saturated heterocycles. The molecule has 0 radical (unpaired) electrons. The van der Waals surface area contributed by atoms with Gasteiger partial charge in [0.15, 0.2) is 18.1 Å². The number of para-hydroxylation sites is 2. The summed E-state index contributed by atoms with van der Waals surface area (Å²) in [5, 5.41) is 12.2. The zero-order valence-corrected chi connectivity index (χ0v) is 10.5. The first-order chi connectivity index (χ1) is 9.16. The van der Waals surface area contributed by atoms with Gasteiger partial charge in [-0.2, -0.15) is 0 Å². The lowest BCUT2D eigenvalue weighted by atomic mass is 10.3. The fourth-order valence-corrected chi connectivity index (χ4v) is 1.83. The van der Waals surface area contributed by atoms with Gasteiger partial charge in [-0.3, -0.25) is 9.59 Å². The molecular weight excluding hydrogens is 248 g/mol. The predicted molar refractivity (Wildman–Crippen MR) is 67.8 cm³/mol. The second kappa shape index (κ2) is 6.08. The van der Waals surface area contributed by atoms with Gasteiger partial charge in [-0.25, -0.2) is 0 Å². The second-order valence-electron chi connectivity index (χ2n) is 4.28. The summed E-state index contributed by atoms with van der Waals surface area (Å²) in [5.41, 5.74) is 0. The Morgan fingerprint density at radius 1 is 1.42 bits per heavy atom. The van der Waals surface area contributed by atoms with Gasteiger partial charge < -0.3 is 20.1 Å². The number of amides is 2. The van der Waals surface area contributed by atoms with Gasteiger partial charge in [-0.05, 0) is 18.6 Å². The van der Waals surface area contributed by atoms with Crippen molar-refractivity contribution in [1.29, 1.82) is 0 Å². The lowest BCUT2D eigenvalue weighted by Crippen LogP contribution is -2.39. The molecule has 1 aliphatic heterocycles. The van der Waals surface area contributed by atoms with Gasteiger partial charge in [-0.15, -0.1) is 0 Å². The van der Waals surface area contributed by atoms with Gasteiger partial charge in [0.05, 0.1) is 6.54 Å². The molecule has 6 heteroatoms. The number of aromatic hydroxyl groups is 1. The number of hydrogen-bond acceptors (Lipinski definition) is 4. The van der Waals surface area contributed by atoms with Crippen molar-refractivity contribution < 1.29 is 19.4 Å². The van der Waals surface area contributed by atoms with Crippen LogP contribution in [0.1, 0.15) is 6.42 Å².